The van der Waals surface area contributed by atoms with Crippen molar-refractivity contribution in [2.24, 2.45) is 0 Å². The summed E-state index contributed by atoms with van der Waals surface area (Å²) < 4.78 is 0. The number of aliphatic carboxylic acids is 1. The SMILES string of the molecule is C=C(CCC)C(=O)O.O=C(O)Cl. The Morgan fingerprint density at radius 2 is 1.75 bits per heavy atom. The van der Waals surface area contributed by atoms with Gasteiger partial charge in [0.1, 0.15) is 0 Å². The fraction of sp³-hybridized carbons (Fsp3) is 0.429. The third kappa shape index (κ3) is 16.0. The van der Waals surface area contributed by atoms with Gasteiger partial charge in [-0.15, -0.1) is 0 Å². The van der Waals surface area contributed by atoms with Crippen LogP contribution in [-0.4, -0.2) is 21.6 Å². The maximum Gasteiger partial charge on any atom is 0.401 e. The van der Waals surface area contributed by atoms with Crippen LogP contribution >= 0.6 is 11.6 Å². The molecule has 5 heteroatoms. The van der Waals surface area contributed by atoms with Gasteiger partial charge in [0, 0.05) is 17.2 Å². The van der Waals surface area contributed by atoms with E-state index < -0.39 is 11.4 Å². The summed E-state index contributed by atoms with van der Waals surface area (Å²) in [5.74, 6) is -0.883. The Labute approximate surface area is 75.5 Å². The van der Waals surface area contributed by atoms with Crippen LogP contribution < -0.4 is 0 Å². The van der Waals surface area contributed by atoms with Crippen molar-refractivity contribution in [3.8, 4) is 0 Å². The van der Waals surface area contributed by atoms with Gasteiger partial charge in [0.2, 0.25) is 0 Å². The van der Waals surface area contributed by atoms with E-state index in [1.165, 1.54) is 0 Å². The van der Waals surface area contributed by atoms with Gasteiger partial charge < -0.3 is 10.2 Å². The third-order valence-electron chi connectivity index (χ3n) is 0.854. The molecule has 0 rings (SSSR count). The molecule has 0 saturated heterocycles. The predicted molar refractivity (Wildman–Crippen MR) is 45.6 cm³/mol. The zero-order chi connectivity index (χ0) is 10.1. The molecule has 0 aromatic carbocycles. The van der Waals surface area contributed by atoms with Crippen LogP contribution in [0, 0.1) is 0 Å². The van der Waals surface area contributed by atoms with E-state index >= 15 is 0 Å². The molecule has 4 nitrogen and oxygen atoms in total. The second-order valence-electron chi connectivity index (χ2n) is 1.91. The summed E-state index contributed by atoms with van der Waals surface area (Å²) >= 11 is 4.19. The minimum absolute atomic E-state index is 0.299. The summed E-state index contributed by atoms with van der Waals surface area (Å²) in [6.45, 7) is 5.27. The van der Waals surface area contributed by atoms with Crippen molar-refractivity contribution in [2.45, 2.75) is 19.8 Å². The van der Waals surface area contributed by atoms with E-state index in [0.717, 1.165) is 6.42 Å². The van der Waals surface area contributed by atoms with Gasteiger partial charge >= 0.3 is 11.4 Å². The van der Waals surface area contributed by atoms with Crippen LogP contribution in [0.15, 0.2) is 12.2 Å². The Morgan fingerprint density at radius 3 is 1.83 bits per heavy atom. The van der Waals surface area contributed by atoms with Gasteiger partial charge in [0.25, 0.3) is 0 Å². The molecule has 70 valence electrons. The van der Waals surface area contributed by atoms with Crippen molar-refractivity contribution in [3.05, 3.63) is 12.2 Å². The van der Waals surface area contributed by atoms with E-state index in [1.807, 2.05) is 6.92 Å². The Hall–Kier alpha value is -1.03. The number of halogens is 1. The largest absolute Gasteiger partial charge is 0.478 e. The topological polar surface area (TPSA) is 74.6 Å². The fourth-order valence-electron chi connectivity index (χ4n) is 0.409. The number of hydrogen-bond acceptors (Lipinski definition) is 2. The molecule has 0 aliphatic carbocycles. The molecule has 0 aromatic rings. The van der Waals surface area contributed by atoms with Crippen molar-refractivity contribution >= 4 is 23.0 Å². The predicted octanol–water partition coefficient (Wildman–Crippen LogP) is 2.33. The first-order valence-electron chi connectivity index (χ1n) is 3.21. The summed E-state index contributed by atoms with van der Waals surface area (Å²) in [4.78, 5) is 18.8. The molecular formula is C7H11ClO4. The zero-order valence-electron chi connectivity index (χ0n) is 6.71. The monoisotopic (exact) mass is 194 g/mol. The van der Waals surface area contributed by atoms with Crippen molar-refractivity contribution in [2.75, 3.05) is 0 Å². The van der Waals surface area contributed by atoms with Crippen LogP contribution in [0.5, 0.6) is 0 Å². The van der Waals surface area contributed by atoms with E-state index in [1.54, 1.807) is 0 Å². The van der Waals surface area contributed by atoms with Gasteiger partial charge in [-0.1, -0.05) is 19.9 Å². The highest BCUT2D eigenvalue weighted by molar-refractivity contribution is 6.60. The highest BCUT2D eigenvalue weighted by Crippen LogP contribution is 1.99. The lowest BCUT2D eigenvalue weighted by atomic mass is 10.2. The van der Waals surface area contributed by atoms with Crippen LogP contribution in [0.2, 0.25) is 0 Å². The van der Waals surface area contributed by atoms with Gasteiger partial charge in [0.15, 0.2) is 0 Å². The quantitative estimate of drug-likeness (QED) is 0.534. The molecule has 0 atom stereocenters. The number of hydrogen-bond donors (Lipinski definition) is 2. The van der Waals surface area contributed by atoms with Crippen molar-refractivity contribution in [3.63, 3.8) is 0 Å². The molecule has 0 radical (unpaired) electrons. The van der Waals surface area contributed by atoms with Crippen molar-refractivity contribution < 1.29 is 19.8 Å². The smallest absolute Gasteiger partial charge is 0.401 e. The van der Waals surface area contributed by atoms with Crippen LogP contribution in [0.4, 0.5) is 4.79 Å². The average molecular weight is 195 g/mol. The number of carboxylic acids is 1. The lowest BCUT2D eigenvalue weighted by Gasteiger charge is -1.92. The fourth-order valence-corrected chi connectivity index (χ4v) is 0.409. The third-order valence-corrected chi connectivity index (χ3v) is 0.854. The van der Waals surface area contributed by atoms with Crippen LogP contribution in [-0.2, 0) is 4.79 Å². The molecule has 2 N–H and O–H groups in total. The standard InChI is InChI=1S/C6H10O2.CHClO2/c1-3-4-5(2)6(7)8;2-1(3)4/h2-4H2,1H3,(H,7,8);(H,3,4). The molecule has 0 saturated carbocycles. The zero-order valence-corrected chi connectivity index (χ0v) is 7.47. The molecule has 0 unspecified atom stereocenters. The van der Waals surface area contributed by atoms with Crippen LogP contribution in [0.25, 0.3) is 0 Å². The van der Waals surface area contributed by atoms with E-state index in [2.05, 4.69) is 18.2 Å². The molecule has 0 spiro atoms. The molecule has 0 fully saturated rings. The highest BCUT2D eigenvalue weighted by atomic mass is 35.5. The highest BCUT2D eigenvalue weighted by Gasteiger charge is 1.99. The number of rotatable bonds is 3. The minimum atomic E-state index is -1.36. The van der Waals surface area contributed by atoms with E-state index in [0.29, 0.717) is 12.0 Å². The van der Waals surface area contributed by atoms with Gasteiger partial charge in [-0.2, -0.15) is 0 Å². The summed E-state index contributed by atoms with van der Waals surface area (Å²) in [7, 11) is 0. The lowest BCUT2D eigenvalue weighted by molar-refractivity contribution is -0.132. The molecule has 0 aliphatic heterocycles. The second kappa shape index (κ2) is 8.07. The molecule has 12 heavy (non-hydrogen) atoms. The number of carboxylic acid groups (broad SMARTS) is 2. The molecule has 0 aromatic heterocycles. The van der Waals surface area contributed by atoms with E-state index in [-0.39, 0.29) is 0 Å². The molecule has 0 amide bonds. The molecule has 0 aliphatic rings. The van der Waals surface area contributed by atoms with E-state index in [4.69, 9.17) is 15.0 Å². The number of carbonyl (C=O) groups is 2. The van der Waals surface area contributed by atoms with Crippen molar-refractivity contribution in [1.82, 2.24) is 0 Å². The Bertz CT molecular complexity index is 172. The van der Waals surface area contributed by atoms with Gasteiger partial charge in [-0.25, -0.2) is 9.59 Å². The Kier molecular flexibility index (Phi) is 9.11. The minimum Gasteiger partial charge on any atom is -0.478 e. The lowest BCUT2D eigenvalue weighted by Crippen LogP contribution is -1.97. The molecular weight excluding hydrogens is 184 g/mol. The summed E-state index contributed by atoms with van der Waals surface area (Å²) in [5, 5.41) is 15.4. The second-order valence-corrected chi connectivity index (χ2v) is 2.23. The van der Waals surface area contributed by atoms with Crippen LogP contribution in [0.3, 0.4) is 0 Å². The van der Waals surface area contributed by atoms with Gasteiger partial charge in [-0.3, -0.25) is 0 Å². The summed E-state index contributed by atoms with van der Waals surface area (Å²) in [6.07, 6.45) is 1.44. The van der Waals surface area contributed by atoms with Crippen LogP contribution in [0.1, 0.15) is 19.8 Å². The summed E-state index contributed by atoms with van der Waals surface area (Å²) in [6, 6.07) is 0. The normalized spacial score (nSPS) is 7.83. The van der Waals surface area contributed by atoms with E-state index in [9.17, 15) is 4.79 Å². The summed E-state index contributed by atoms with van der Waals surface area (Å²) in [5.41, 5.74) is -1.06. The van der Waals surface area contributed by atoms with Gasteiger partial charge in [-0.05, 0) is 6.42 Å². The molecule has 0 heterocycles. The maximum atomic E-state index is 9.99. The Morgan fingerprint density at radius 1 is 1.42 bits per heavy atom. The average Bonchev–Trinajstić information content (AvgIpc) is 1.86. The first kappa shape index (κ1) is 13.6. The first-order valence-corrected chi connectivity index (χ1v) is 3.59. The first-order chi connectivity index (χ1) is 5.41. The van der Waals surface area contributed by atoms with Crippen molar-refractivity contribution in [1.29, 1.82) is 0 Å². The Balaban J connectivity index is 0. The maximum absolute atomic E-state index is 9.99. The van der Waals surface area contributed by atoms with Gasteiger partial charge in [0.05, 0.1) is 0 Å². The molecule has 0 bridgehead atoms.